The highest BCUT2D eigenvalue weighted by atomic mass is 19.1. The van der Waals surface area contributed by atoms with Crippen LogP contribution in [0.4, 0.5) is 10.1 Å². The maximum Gasteiger partial charge on any atom is 0.175 e. The summed E-state index contributed by atoms with van der Waals surface area (Å²) in [4.78, 5) is 1.79. The van der Waals surface area contributed by atoms with E-state index in [1.54, 1.807) is 24.1 Å². The smallest absolute Gasteiger partial charge is 0.175 e. The Morgan fingerprint density at radius 3 is 2.75 bits per heavy atom. The van der Waals surface area contributed by atoms with Crippen molar-refractivity contribution in [2.45, 2.75) is 6.10 Å². The Hall–Kier alpha value is -2.73. The number of hydrogen-bond donors (Lipinski definition) is 0. The van der Waals surface area contributed by atoms with E-state index in [4.69, 9.17) is 20.0 Å². The number of nitrogens with zero attached hydrogens (tertiary/aromatic N) is 3. The van der Waals surface area contributed by atoms with E-state index in [-0.39, 0.29) is 17.1 Å². The molecule has 0 amide bonds. The molecule has 5 nitrogen and oxygen atoms in total. The topological polar surface area (TPSA) is 69.3 Å². The van der Waals surface area contributed by atoms with Crippen LogP contribution < -0.4 is 9.64 Å². The van der Waals surface area contributed by atoms with E-state index >= 15 is 0 Å². The lowest BCUT2D eigenvalue weighted by atomic mass is 10.1. The Bertz CT molecular complexity index is 627. The molecule has 1 aromatic carbocycles. The Balaban J connectivity index is 2.40. The minimum Gasteiger partial charge on any atom is -0.495 e. The zero-order chi connectivity index (χ0) is 14.7. The van der Waals surface area contributed by atoms with E-state index in [2.05, 4.69) is 0 Å². The molecule has 0 N–H and O–H groups in total. The van der Waals surface area contributed by atoms with E-state index in [1.165, 1.54) is 25.3 Å². The zero-order valence-electron chi connectivity index (χ0n) is 11.1. The number of likely N-dealkylation sites (N-methyl/N-ethyl adjacent to an activating group) is 1. The van der Waals surface area contributed by atoms with Gasteiger partial charge in [0, 0.05) is 13.1 Å². The molecule has 102 valence electrons. The number of ether oxygens (including phenoxy) is 2. The fourth-order valence-corrected chi connectivity index (χ4v) is 2.09. The van der Waals surface area contributed by atoms with Crippen LogP contribution >= 0.6 is 0 Å². The Morgan fingerprint density at radius 1 is 1.45 bits per heavy atom. The van der Waals surface area contributed by atoms with Gasteiger partial charge in [0.25, 0.3) is 0 Å². The van der Waals surface area contributed by atoms with Gasteiger partial charge in [0.05, 0.1) is 19.3 Å². The van der Waals surface area contributed by atoms with Crippen molar-refractivity contribution in [3.63, 3.8) is 0 Å². The van der Waals surface area contributed by atoms with Crippen molar-refractivity contribution >= 4 is 5.69 Å². The average molecular weight is 273 g/mol. The highest BCUT2D eigenvalue weighted by Crippen LogP contribution is 2.35. The standard InChI is InChI=1S/C14H12FN3O2/c1-18-8-13(14(19-2)9(6-16)7-17)20-12-4-3-10(15)5-11(12)18/h3-5,13H,8H2,1-2H3. The SMILES string of the molecule is COC(=C(C#N)C#N)C1CN(C)c2cc(F)ccc2O1. The van der Waals surface area contributed by atoms with Gasteiger partial charge < -0.3 is 14.4 Å². The monoisotopic (exact) mass is 273 g/mol. The zero-order valence-corrected chi connectivity index (χ0v) is 11.1. The summed E-state index contributed by atoms with van der Waals surface area (Å²) < 4.78 is 24.1. The molecule has 1 aromatic rings. The summed E-state index contributed by atoms with van der Waals surface area (Å²) in [7, 11) is 3.16. The molecule has 0 aromatic heterocycles. The van der Waals surface area contributed by atoms with Crippen molar-refractivity contribution in [1.29, 1.82) is 10.5 Å². The second-order valence-corrected chi connectivity index (χ2v) is 4.27. The molecule has 0 saturated heterocycles. The Kier molecular flexibility index (Phi) is 3.76. The van der Waals surface area contributed by atoms with Crippen molar-refractivity contribution < 1.29 is 13.9 Å². The number of rotatable bonds is 2. The van der Waals surface area contributed by atoms with Crippen molar-refractivity contribution in [2.24, 2.45) is 0 Å². The average Bonchev–Trinajstić information content (AvgIpc) is 2.45. The molecule has 0 aliphatic carbocycles. The normalized spacial score (nSPS) is 16.2. The van der Waals surface area contributed by atoms with Crippen LogP contribution in [-0.4, -0.2) is 26.8 Å². The summed E-state index contributed by atoms with van der Waals surface area (Å²) in [6.45, 7) is 0.354. The third-order valence-electron chi connectivity index (χ3n) is 3.02. The fraction of sp³-hybridized carbons (Fsp3) is 0.286. The largest absolute Gasteiger partial charge is 0.495 e. The summed E-state index contributed by atoms with van der Waals surface area (Å²) in [5, 5.41) is 17.9. The van der Waals surface area contributed by atoms with Crippen LogP contribution in [-0.2, 0) is 4.74 Å². The molecular formula is C14H12FN3O2. The second kappa shape index (κ2) is 5.50. The molecular weight excluding hydrogens is 261 g/mol. The van der Waals surface area contributed by atoms with Crippen LogP contribution in [0.25, 0.3) is 0 Å². The van der Waals surface area contributed by atoms with E-state index in [9.17, 15) is 4.39 Å². The van der Waals surface area contributed by atoms with Crippen molar-refractivity contribution in [1.82, 2.24) is 0 Å². The first-order chi connectivity index (χ1) is 9.60. The van der Waals surface area contributed by atoms with Crippen molar-refractivity contribution in [2.75, 3.05) is 25.6 Å². The molecule has 20 heavy (non-hydrogen) atoms. The number of methoxy groups -OCH3 is 1. The van der Waals surface area contributed by atoms with Gasteiger partial charge in [-0.2, -0.15) is 10.5 Å². The van der Waals surface area contributed by atoms with Crippen LogP contribution in [0.5, 0.6) is 5.75 Å². The van der Waals surface area contributed by atoms with Gasteiger partial charge in [-0.05, 0) is 12.1 Å². The van der Waals surface area contributed by atoms with Crippen LogP contribution in [0.15, 0.2) is 29.5 Å². The maximum absolute atomic E-state index is 13.2. The summed E-state index contributed by atoms with van der Waals surface area (Å²) in [6, 6.07) is 7.74. The van der Waals surface area contributed by atoms with Gasteiger partial charge in [0.1, 0.15) is 23.7 Å². The third-order valence-corrected chi connectivity index (χ3v) is 3.02. The predicted molar refractivity (Wildman–Crippen MR) is 69.3 cm³/mol. The lowest BCUT2D eigenvalue weighted by molar-refractivity contribution is 0.143. The molecule has 1 atom stereocenters. The molecule has 0 saturated carbocycles. The van der Waals surface area contributed by atoms with Gasteiger partial charge in [-0.3, -0.25) is 0 Å². The molecule has 1 unspecified atom stereocenters. The van der Waals surface area contributed by atoms with Gasteiger partial charge in [0.2, 0.25) is 0 Å². The fourth-order valence-electron chi connectivity index (χ4n) is 2.09. The minimum absolute atomic E-state index is 0.128. The molecule has 0 fully saturated rings. The van der Waals surface area contributed by atoms with E-state index < -0.39 is 6.10 Å². The molecule has 0 bridgehead atoms. The highest BCUT2D eigenvalue weighted by molar-refractivity contribution is 5.60. The Labute approximate surface area is 116 Å². The quantitative estimate of drug-likeness (QED) is 0.608. The van der Waals surface area contributed by atoms with Crippen LogP contribution in [0.3, 0.4) is 0 Å². The molecule has 0 radical (unpaired) electrons. The summed E-state index contributed by atoms with van der Waals surface area (Å²) >= 11 is 0. The summed E-state index contributed by atoms with van der Waals surface area (Å²) in [6.07, 6.45) is -0.586. The minimum atomic E-state index is -0.586. The van der Waals surface area contributed by atoms with Gasteiger partial charge in [-0.1, -0.05) is 0 Å². The molecule has 1 aliphatic heterocycles. The maximum atomic E-state index is 13.2. The number of anilines is 1. The highest BCUT2D eigenvalue weighted by Gasteiger charge is 2.29. The molecule has 2 rings (SSSR count). The van der Waals surface area contributed by atoms with E-state index in [0.29, 0.717) is 18.0 Å². The van der Waals surface area contributed by atoms with Crippen LogP contribution in [0, 0.1) is 28.5 Å². The number of benzene rings is 1. The van der Waals surface area contributed by atoms with Gasteiger partial charge >= 0.3 is 0 Å². The number of hydrogen-bond acceptors (Lipinski definition) is 5. The Morgan fingerprint density at radius 2 is 2.15 bits per heavy atom. The molecule has 1 aliphatic rings. The predicted octanol–water partition coefficient (Wildman–Crippen LogP) is 1.97. The number of nitriles is 2. The number of halogens is 1. The molecule has 6 heteroatoms. The van der Waals surface area contributed by atoms with E-state index in [0.717, 1.165) is 0 Å². The van der Waals surface area contributed by atoms with Crippen LogP contribution in [0.2, 0.25) is 0 Å². The molecule has 1 heterocycles. The van der Waals surface area contributed by atoms with Crippen LogP contribution in [0.1, 0.15) is 0 Å². The lowest BCUT2D eigenvalue weighted by Gasteiger charge is -2.34. The molecule has 0 spiro atoms. The van der Waals surface area contributed by atoms with Gasteiger partial charge in [-0.25, -0.2) is 4.39 Å². The second-order valence-electron chi connectivity index (χ2n) is 4.27. The van der Waals surface area contributed by atoms with Crippen molar-refractivity contribution in [3.05, 3.63) is 35.3 Å². The third kappa shape index (κ3) is 2.36. The first-order valence-electron chi connectivity index (χ1n) is 5.86. The van der Waals surface area contributed by atoms with Gasteiger partial charge in [-0.15, -0.1) is 0 Å². The first-order valence-corrected chi connectivity index (χ1v) is 5.86. The number of fused-ring (bicyclic) bond motifs is 1. The first kappa shape index (κ1) is 13.7. The summed E-state index contributed by atoms with van der Waals surface area (Å²) in [5.74, 6) is 0.307. The lowest BCUT2D eigenvalue weighted by Crippen LogP contribution is -2.39. The summed E-state index contributed by atoms with van der Waals surface area (Å²) in [5.41, 5.74) is 0.489. The van der Waals surface area contributed by atoms with Gasteiger partial charge in [0.15, 0.2) is 17.4 Å². The van der Waals surface area contributed by atoms with E-state index in [1.807, 2.05) is 0 Å². The number of allylic oxidation sites excluding steroid dienone is 1. The van der Waals surface area contributed by atoms with Crippen molar-refractivity contribution in [3.8, 4) is 17.9 Å².